The average molecular weight is 327 g/mol. The number of allylic oxidation sites excluding steroid dienone is 2. The lowest BCUT2D eigenvalue weighted by Crippen LogP contribution is -2.25. The third-order valence-corrected chi connectivity index (χ3v) is 7.25. The van der Waals surface area contributed by atoms with Crippen LogP contribution >= 0.6 is 0 Å². The lowest BCUT2D eigenvalue weighted by molar-refractivity contribution is 0.236. The van der Waals surface area contributed by atoms with Crippen LogP contribution in [0.5, 0.6) is 0 Å². The van der Waals surface area contributed by atoms with Crippen molar-refractivity contribution in [2.24, 2.45) is 11.8 Å². The fourth-order valence-electron chi connectivity index (χ4n) is 3.47. The second kappa shape index (κ2) is 12.2. The molecular formula is C19H38O2Si. The second-order valence-corrected chi connectivity index (χ2v) is 8.73. The van der Waals surface area contributed by atoms with Crippen molar-refractivity contribution >= 4 is 9.28 Å². The predicted octanol–water partition coefficient (Wildman–Crippen LogP) is 5.96. The van der Waals surface area contributed by atoms with Crippen LogP contribution < -0.4 is 0 Å². The van der Waals surface area contributed by atoms with E-state index in [1.54, 1.807) is 0 Å². The summed E-state index contributed by atoms with van der Waals surface area (Å²) < 4.78 is 12.3. The Balaban J connectivity index is 2.48. The van der Waals surface area contributed by atoms with Gasteiger partial charge in [-0.1, -0.05) is 58.8 Å². The molecule has 2 nitrogen and oxygen atoms in total. The third-order valence-electron chi connectivity index (χ3n) is 4.86. The molecule has 1 fully saturated rings. The number of hydrogen-bond acceptors (Lipinski definition) is 2. The normalized spacial score (nSPS) is 19.9. The van der Waals surface area contributed by atoms with Crippen molar-refractivity contribution in [3.63, 3.8) is 0 Å². The number of rotatable bonds is 11. The Morgan fingerprint density at radius 1 is 1.18 bits per heavy atom. The van der Waals surface area contributed by atoms with Gasteiger partial charge in [0.1, 0.15) is 0 Å². The largest absolute Gasteiger partial charge is 0.526 e. The molecule has 1 aliphatic rings. The minimum absolute atomic E-state index is 0.743. The van der Waals surface area contributed by atoms with Crippen molar-refractivity contribution in [3.8, 4) is 0 Å². The molecule has 3 heteroatoms. The first-order valence-corrected chi connectivity index (χ1v) is 11.4. The highest BCUT2D eigenvalue weighted by Crippen LogP contribution is 2.27. The predicted molar refractivity (Wildman–Crippen MR) is 98.3 cm³/mol. The molecule has 1 aliphatic carbocycles. The lowest BCUT2D eigenvalue weighted by atomic mass is 9.89. The van der Waals surface area contributed by atoms with Crippen LogP contribution in [0.3, 0.4) is 0 Å². The third kappa shape index (κ3) is 8.38. The molecule has 0 aromatic carbocycles. The SMILES string of the molecule is CCCCC(CC)C[SiH](OCC)OC(C)=CC1CCCCC1. The van der Waals surface area contributed by atoms with E-state index in [1.165, 1.54) is 63.8 Å². The molecule has 0 bridgehead atoms. The zero-order chi connectivity index (χ0) is 16.2. The highest BCUT2D eigenvalue weighted by Gasteiger charge is 2.21. The van der Waals surface area contributed by atoms with Gasteiger partial charge in [0.05, 0.1) is 5.76 Å². The fraction of sp³-hybridized carbons (Fsp3) is 0.895. The topological polar surface area (TPSA) is 18.5 Å². The summed E-state index contributed by atoms with van der Waals surface area (Å²) in [5.74, 6) is 2.65. The Labute approximate surface area is 140 Å². The molecule has 1 saturated carbocycles. The van der Waals surface area contributed by atoms with Gasteiger partial charge in [-0.05, 0) is 44.6 Å². The van der Waals surface area contributed by atoms with Crippen molar-refractivity contribution in [1.29, 1.82) is 0 Å². The summed E-state index contributed by atoms with van der Waals surface area (Å²) >= 11 is 0. The van der Waals surface area contributed by atoms with E-state index < -0.39 is 9.28 Å². The molecule has 0 spiro atoms. The van der Waals surface area contributed by atoms with E-state index in [2.05, 4.69) is 33.8 Å². The van der Waals surface area contributed by atoms with Crippen LogP contribution in [0.1, 0.15) is 85.5 Å². The smallest absolute Gasteiger partial charge is 0.382 e. The molecule has 130 valence electrons. The number of unbranched alkanes of at least 4 members (excludes halogenated alkanes) is 1. The molecule has 22 heavy (non-hydrogen) atoms. The molecule has 0 aromatic rings. The van der Waals surface area contributed by atoms with Gasteiger partial charge >= 0.3 is 9.28 Å². The molecule has 0 heterocycles. The van der Waals surface area contributed by atoms with E-state index >= 15 is 0 Å². The van der Waals surface area contributed by atoms with Gasteiger partial charge in [0.15, 0.2) is 0 Å². The highest BCUT2D eigenvalue weighted by molar-refractivity contribution is 6.44. The molecular weight excluding hydrogens is 288 g/mol. The van der Waals surface area contributed by atoms with Crippen molar-refractivity contribution in [2.75, 3.05) is 6.61 Å². The maximum Gasteiger partial charge on any atom is 0.382 e. The van der Waals surface area contributed by atoms with E-state index in [4.69, 9.17) is 8.85 Å². The van der Waals surface area contributed by atoms with Gasteiger partial charge in [0.25, 0.3) is 0 Å². The van der Waals surface area contributed by atoms with E-state index in [-0.39, 0.29) is 0 Å². The minimum Gasteiger partial charge on any atom is -0.526 e. The summed E-state index contributed by atoms with van der Waals surface area (Å²) in [7, 11) is -1.55. The van der Waals surface area contributed by atoms with Crippen LogP contribution in [0.25, 0.3) is 0 Å². The van der Waals surface area contributed by atoms with Gasteiger partial charge in [-0.2, -0.15) is 0 Å². The molecule has 2 unspecified atom stereocenters. The summed E-state index contributed by atoms with van der Waals surface area (Å²) in [5, 5.41) is 0. The van der Waals surface area contributed by atoms with Crippen LogP contribution in [0.2, 0.25) is 6.04 Å². The van der Waals surface area contributed by atoms with Gasteiger partial charge in [0, 0.05) is 12.7 Å². The Kier molecular flexibility index (Phi) is 10.9. The van der Waals surface area contributed by atoms with Crippen molar-refractivity contribution in [2.45, 2.75) is 91.5 Å². The Hall–Kier alpha value is -0.283. The Morgan fingerprint density at radius 3 is 2.50 bits per heavy atom. The number of hydrogen-bond donors (Lipinski definition) is 0. The molecule has 1 rings (SSSR count). The van der Waals surface area contributed by atoms with Crippen molar-refractivity contribution in [1.82, 2.24) is 0 Å². The standard InChI is InChI=1S/C19H38O2Si/c1-5-8-12-18(6-2)16-22(20-7-3)21-17(4)15-19-13-10-9-11-14-19/h15,18-19,22H,5-14,16H2,1-4H3. The second-order valence-electron chi connectivity index (χ2n) is 6.83. The van der Waals surface area contributed by atoms with Gasteiger partial charge < -0.3 is 8.85 Å². The van der Waals surface area contributed by atoms with Crippen LogP contribution in [0.15, 0.2) is 11.8 Å². The Bertz CT molecular complexity index is 298. The van der Waals surface area contributed by atoms with E-state index in [0.29, 0.717) is 0 Å². The van der Waals surface area contributed by atoms with E-state index in [1.807, 2.05) is 0 Å². The zero-order valence-electron chi connectivity index (χ0n) is 15.4. The van der Waals surface area contributed by atoms with E-state index in [9.17, 15) is 0 Å². The first-order valence-electron chi connectivity index (χ1n) is 9.66. The molecule has 0 N–H and O–H groups in total. The maximum absolute atomic E-state index is 6.28. The quantitative estimate of drug-likeness (QED) is 0.344. The summed E-state index contributed by atoms with van der Waals surface area (Å²) in [5.41, 5.74) is 0. The summed E-state index contributed by atoms with van der Waals surface area (Å²) in [6.45, 7) is 9.61. The van der Waals surface area contributed by atoms with E-state index in [0.717, 1.165) is 24.2 Å². The van der Waals surface area contributed by atoms with Gasteiger partial charge in [-0.25, -0.2) is 0 Å². The van der Waals surface area contributed by atoms with Crippen LogP contribution in [-0.2, 0) is 8.85 Å². The highest BCUT2D eigenvalue weighted by atomic mass is 28.3. The molecule has 0 radical (unpaired) electrons. The zero-order valence-corrected chi connectivity index (χ0v) is 16.6. The molecule has 0 aliphatic heterocycles. The molecule has 0 amide bonds. The fourth-order valence-corrected chi connectivity index (χ4v) is 5.75. The lowest BCUT2D eigenvalue weighted by Gasteiger charge is -2.24. The van der Waals surface area contributed by atoms with Crippen LogP contribution in [0.4, 0.5) is 0 Å². The Morgan fingerprint density at radius 2 is 1.91 bits per heavy atom. The van der Waals surface area contributed by atoms with Crippen molar-refractivity contribution < 1.29 is 8.85 Å². The first-order chi connectivity index (χ1) is 10.7. The van der Waals surface area contributed by atoms with Gasteiger partial charge in [-0.15, -0.1) is 0 Å². The summed E-state index contributed by atoms with van der Waals surface area (Å²) in [6, 6.07) is 1.17. The maximum atomic E-state index is 6.28. The minimum atomic E-state index is -1.55. The molecule has 2 atom stereocenters. The average Bonchev–Trinajstić information content (AvgIpc) is 2.52. The van der Waals surface area contributed by atoms with Crippen LogP contribution in [-0.4, -0.2) is 15.9 Å². The first kappa shape index (κ1) is 19.8. The van der Waals surface area contributed by atoms with Crippen LogP contribution in [0, 0.1) is 11.8 Å². The van der Waals surface area contributed by atoms with Crippen molar-refractivity contribution in [3.05, 3.63) is 11.8 Å². The molecule has 0 saturated heterocycles. The molecule has 0 aromatic heterocycles. The summed E-state index contributed by atoms with van der Waals surface area (Å²) in [4.78, 5) is 0. The summed E-state index contributed by atoms with van der Waals surface area (Å²) in [6.07, 6.45) is 14.5. The van der Waals surface area contributed by atoms with Gasteiger partial charge in [-0.3, -0.25) is 0 Å². The van der Waals surface area contributed by atoms with Gasteiger partial charge in [0.2, 0.25) is 0 Å². The monoisotopic (exact) mass is 326 g/mol.